The molecule has 1 aliphatic heterocycles. The number of primary amides is 1. The second-order valence-corrected chi connectivity index (χ2v) is 6.45. The van der Waals surface area contributed by atoms with Crippen molar-refractivity contribution < 1.29 is 4.79 Å². The van der Waals surface area contributed by atoms with Gasteiger partial charge in [-0.15, -0.1) is 0 Å². The molecule has 4 heteroatoms. The Bertz CT molecular complexity index is 287. The predicted octanol–water partition coefficient (Wildman–Crippen LogP) is 2.13. The summed E-state index contributed by atoms with van der Waals surface area (Å²) in [7, 11) is 0. The van der Waals surface area contributed by atoms with Gasteiger partial charge in [-0.1, -0.05) is 26.7 Å². The van der Waals surface area contributed by atoms with E-state index in [1.807, 2.05) is 6.92 Å². The molecule has 0 saturated carbocycles. The second kappa shape index (κ2) is 8.63. The van der Waals surface area contributed by atoms with E-state index in [-0.39, 0.29) is 5.91 Å². The number of amides is 1. The van der Waals surface area contributed by atoms with E-state index >= 15 is 0 Å². The van der Waals surface area contributed by atoms with Gasteiger partial charge in [0.25, 0.3) is 0 Å². The molecule has 1 amide bonds. The van der Waals surface area contributed by atoms with Gasteiger partial charge >= 0.3 is 0 Å². The summed E-state index contributed by atoms with van der Waals surface area (Å²) in [6, 6.07) is 0. The topological polar surface area (TPSA) is 58.4 Å². The van der Waals surface area contributed by atoms with Crippen molar-refractivity contribution in [1.82, 2.24) is 10.2 Å². The summed E-state index contributed by atoms with van der Waals surface area (Å²) in [6.07, 6.45) is 7.11. The summed E-state index contributed by atoms with van der Waals surface area (Å²) in [5.74, 6) is 0.684. The average molecular weight is 283 g/mol. The summed E-state index contributed by atoms with van der Waals surface area (Å²) in [6.45, 7) is 10.5. The monoisotopic (exact) mass is 283 g/mol. The van der Waals surface area contributed by atoms with Gasteiger partial charge in [-0.05, 0) is 58.2 Å². The first-order chi connectivity index (χ1) is 9.51. The average Bonchev–Trinajstić information content (AvgIpc) is 2.44. The first kappa shape index (κ1) is 17.4. The second-order valence-electron chi connectivity index (χ2n) is 6.45. The first-order valence-electron chi connectivity index (χ1n) is 8.29. The number of likely N-dealkylation sites (tertiary alicyclic amines) is 1. The maximum absolute atomic E-state index is 11.7. The molecule has 1 aliphatic rings. The predicted molar refractivity (Wildman–Crippen MR) is 84.6 cm³/mol. The highest BCUT2D eigenvalue weighted by atomic mass is 16.1. The van der Waals surface area contributed by atoms with Crippen LogP contribution in [0.4, 0.5) is 0 Å². The number of hydrogen-bond donors (Lipinski definition) is 2. The van der Waals surface area contributed by atoms with Gasteiger partial charge in [0.05, 0.1) is 5.54 Å². The molecule has 4 nitrogen and oxygen atoms in total. The maximum Gasteiger partial charge on any atom is 0.237 e. The fourth-order valence-corrected chi connectivity index (χ4v) is 2.99. The molecule has 0 aromatic carbocycles. The lowest BCUT2D eigenvalue weighted by molar-refractivity contribution is -0.124. The maximum atomic E-state index is 11.7. The third-order valence-electron chi connectivity index (χ3n) is 4.64. The minimum atomic E-state index is -0.559. The zero-order valence-electron chi connectivity index (χ0n) is 13.6. The van der Waals surface area contributed by atoms with Crippen molar-refractivity contribution in [1.29, 1.82) is 0 Å². The highest BCUT2D eigenvalue weighted by Gasteiger charge is 2.31. The van der Waals surface area contributed by atoms with Crippen LogP contribution in [0.5, 0.6) is 0 Å². The van der Waals surface area contributed by atoms with Crippen LogP contribution in [-0.4, -0.2) is 42.5 Å². The van der Waals surface area contributed by atoms with Crippen molar-refractivity contribution >= 4 is 5.91 Å². The molecule has 1 rings (SSSR count). The number of nitrogens with one attached hydrogen (secondary N) is 1. The smallest absolute Gasteiger partial charge is 0.237 e. The Hall–Kier alpha value is -0.610. The Kier molecular flexibility index (Phi) is 7.52. The number of carbonyl (C=O) groups is 1. The lowest BCUT2D eigenvalue weighted by atomic mass is 9.91. The van der Waals surface area contributed by atoms with Gasteiger partial charge in [-0.2, -0.15) is 0 Å². The summed E-state index contributed by atoms with van der Waals surface area (Å²) in [5, 5.41) is 3.31. The van der Waals surface area contributed by atoms with Gasteiger partial charge in [-0.3, -0.25) is 4.79 Å². The molecule has 118 valence electrons. The van der Waals surface area contributed by atoms with E-state index in [0.29, 0.717) is 0 Å². The van der Waals surface area contributed by atoms with Crippen molar-refractivity contribution in [2.45, 2.75) is 64.8 Å². The summed E-state index contributed by atoms with van der Waals surface area (Å²) >= 11 is 0. The Morgan fingerprint density at radius 3 is 2.45 bits per heavy atom. The molecule has 20 heavy (non-hydrogen) atoms. The van der Waals surface area contributed by atoms with E-state index in [1.54, 1.807) is 0 Å². The number of nitrogens with two attached hydrogens (primary N) is 1. The Morgan fingerprint density at radius 1 is 1.30 bits per heavy atom. The molecule has 3 N–H and O–H groups in total. The highest BCUT2D eigenvalue weighted by molar-refractivity contribution is 5.84. The van der Waals surface area contributed by atoms with Gasteiger partial charge in [0.15, 0.2) is 0 Å². The largest absolute Gasteiger partial charge is 0.368 e. The van der Waals surface area contributed by atoms with Gasteiger partial charge in [0.2, 0.25) is 5.91 Å². The van der Waals surface area contributed by atoms with Gasteiger partial charge in [-0.25, -0.2) is 0 Å². The lowest BCUT2D eigenvalue weighted by Crippen LogP contribution is -2.55. The zero-order chi connectivity index (χ0) is 15.0. The Labute approximate surface area is 124 Å². The molecule has 0 bridgehead atoms. The fraction of sp³-hybridized carbons (Fsp3) is 0.938. The minimum absolute atomic E-state index is 0.230. The zero-order valence-corrected chi connectivity index (χ0v) is 13.6. The number of nitrogens with zero attached hydrogens (tertiary/aromatic N) is 1. The van der Waals surface area contributed by atoms with Crippen molar-refractivity contribution in [2.24, 2.45) is 11.7 Å². The summed E-state index contributed by atoms with van der Waals surface area (Å²) in [5.41, 5.74) is 5.01. The van der Waals surface area contributed by atoms with E-state index in [2.05, 4.69) is 24.1 Å². The van der Waals surface area contributed by atoms with Crippen LogP contribution in [0.3, 0.4) is 0 Å². The van der Waals surface area contributed by atoms with Gasteiger partial charge < -0.3 is 16.0 Å². The summed E-state index contributed by atoms with van der Waals surface area (Å²) < 4.78 is 0. The minimum Gasteiger partial charge on any atom is -0.368 e. The Balaban J connectivity index is 2.35. The molecule has 0 spiro atoms. The van der Waals surface area contributed by atoms with Crippen LogP contribution in [-0.2, 0) is 4.79 Å². The molecule has 1 atom stereocenters. The molecule has 1 heterocycles. The normalized spacial score (nSPS) is 20.8. The van der Waals surface area contributed by atoms with E-state index in [9.17, 15) is 4.79 Å². The van der Waals surface area contributed by atoms with Crippen LogP contribution in [0.2, 0.25) is 0 Å². The Morgan fingerprint density at radius 2 is 1.95 bits per heavy atom. The molecule has 0 aromatic heterocycles. The van der Waals surface area contributed by atoms with Crippen LogP contribution in [0.1, 0.15) is 59.3 Å². The van der Waals surface area contributed by atoms with Crippen LogP contribution in [0.25, 0.3) is 0 Å². The van der Waals surface area contributed by atoms with E-state index in [1.165, 1.54) is 38.8 Å². The SMILES string of the molecule is CCCNC(C)(CCN1CCC(CCC)CC1)C(N)=O. The van der Waals surface area contributed by atoms with Crippen LogP contribution in [0, 0.1) is 5.92 Å². The van der Waals surface area contributed by atoms with Crippen LogP contribution >= 0.6 is 0 Å². The fourth-order valence-electron chi connectivity index (χ4n) is 2.99. The van der Waals surface area contributed by atoms with Crippen molar-refractivity contribution in [2.75, 3.05) is 26.2 Å². The third-order valence-corrected chi connectivity index (χ3v) is 4.64. The number of hydrogen-bond acceptors (Lipinski definition) is 3. The van der Waals surface area contributed by atoms with E-state index < -0.39 is 5.54 Å². The number of rotatable bonds is 9. The molecule has 1 unspecified atom stereocenters. The standard InChI is InChI=1S/C16H33N3O/c1-4-6-14-7-11-19(12-8-14)13-9-16(3,15(17)20)18-10-5-2/h14,18H,4-13H2,1-3H3,(H2,17,20). The lowest BCUT2D eigenvalue weighted by Gasteiger charge is -2.35. The third kappa shape index (κ3) is 5.41. The molecule has 1 saturated heterocycles. The molecular weight excluding hydrogens is 250 g/mol. The first-order valence-corrected chi connectivity index (χ1v) is 8.29. The molecule has 0 aromatic rings. The highest BCUT2D eigenvalue weighted by Crippen LogP contribution is 2.22. The summed E-state index contributed by atoms with van der Waals surface area (Å²) in [4.78, 5) is 14.2. The van der Waals surface area contributed by atoms with Crippen LogP contribution < -0.4 is 11.1 Å². The van der Waals surface area contributed by atoms with Crippen molar-refractivity contribution in [3.05, 3.63) is 0 Å². The number of carbonyl (C=O) groups excluding carboxylic acids is 1. The van der Waals surface area contributed by atoms with Gasteiger partial charge in [0, 0.05) is 6.54 Å². The molecular formula is C16H33N3O. The van der Waals surface area contributed by atoms with E-state index in [0.717, 1.165) is 31.8 Å². The van der Waals surface area contributed by atoms with Crippen molar-refractivity contribution in [3.8, 4) is 0 Å². The molecule has 0 aliphatic carbocycles. The van der Waals surface area contributed by atoms with Gasteiger partial charge in [0.1, 0.15) is 0 Å². The van der Waals surface area contributed by atoms with Crippen LogP contribution in [0.15, 0.2) is 0 Å². The van der Waals surface area contributed by atoms with E-state index in [4.69, 9.17) is 5.73 Å². The quantitative estimate of drug-likeness (QED) is 0.681. The number of piperidine rings is 1. The molecule has 1 fully saturated rings. The molecule has 0 radical (unpaired) electrons. The van der Waals surface area contributed by atoms with Crippen molar-refractivity contribution in [3.63, 3.8) is 0 Å².